The Morgan fingerprint density at radius 1 is 1.18 bits per heavy atom. The minimum atomic E-state index is -5.14. The summed E-state index contributed by atoms with van der Waals surface area (Å²) >= 11 is 0. The highest BCUT2D eigenvalue weighted by Gasteiger charge is 2.39. The summed E-state index contributed by atoms with van der Waals surface area (Å²) in [6, 6.07) is 8.37. The van der Waals surface area contributed by atoms with Crippen LogP contribution in [0.5, 0.6) is 0 Å². The maximum Gasteiger partial charge on any atom is 0.472 e. The molecule has 3 N–H and O–H groups in total. The van der Waals surface area contributed by atoms with Crippen molar-refractivity contribution in [1.29, 1.82) is 0 Å². The summed E-state index contributed by atoms with van der Waals surface area (Å²) in [5.74, 6) is -3.81. The first kappa shape index (κ1) is 24.4. The summed E-state index contributed by atoms with van der Waals surface area (Å²) in [6.07, 6.45) is -5.15. The number of halogens is 4. The molecule has 1 fully saturated rings. The quantitative estimate of drug-likeness (QED) is 0.330. The van der Waals surface area contributed by atoms with Gasteiger partial charge in [-0.3, -0.25) is 30.3 Å². The highest BCUT2D eigenvalue weighted by atomic mass is 19.4. The average Bonchev–Trinajstić information content (AvgIpc) is 2.80. The van der Waals surface area contributed by atoms with E-state index in [1.807, 2.05) is 0 Å². The number of rotatable bonds is 6. The second-order valence-corrected chi connectivity index (χ2v) is 7.05. The number of aliphatic hydroxyl groups excluding tert-OH is 1. The molecule has 1 saturated heterocycles. The number of carbonyl (C=O) groups excluding carboxylic acids is 2. The van der Waals surface area contributed by atoms with E-state index >= 15 is 0 Å². The van der Waals surface area contributed by atoms with Gasteiger partial charge in [0.25, 0.3) is 5.91 Å². The highest BCUT2D eigenvalue weighted by Crippen LogP contribution is 2.22. The molecule has 2 amide bonds. The fourth-order valence-electron chi connectivity index (χ4n) is 3.05. The van der Waals surface area contributed by atoms with Crippen LogP contribution in [-0.2, 0) is 16.1 Å². The highest BCUT2D eigenvalue weighted by molar-refractivity contribution is 5.95. The largest absolute Gasteiger partial charge is 0.472 e. The van der Waals surface area contributed by atoms with Crippen LogP contribution in [0.25, 0.3) is 0 Å². The predicted octanol–water partition coefficient (Wildman–Crippen LogP) is 1.16. The molecule has 0 aliphatic carbocycles. The molecule has 1 aliphatic rings. The van der Waals surface area contributed by atoms with Crippen molar-refractivity contribution in [3.05, 3.63) is 59.7 Å². The van der Waals surface area contributed by atoms with E-state index < -0.39 is 30.2 Å². The zero-order valence-electron chi connectivity index (χ0n) is 17.2. The molecule has 13 heteroatoms. The molecule has 3 rings (SSSR count). The van der Waals surface area contributed by atoms with Gasteiger partial charge in [0.2, 0.25) is 0 Å². The normalized spacial score (nSPS) is 15.5. The third-order valence-corrected chi connectivity index (χ3v) is 4.76. The lowest BCUT2D eigenvalue weighted by Gasteiger charge is -2.39. The minimum absolute atomic E-state index is 0.0364. The van der Waals surface area contributed by atoms with Crippen LogP contribution in [0, 0.1) is 5.82 Å². The van der Waals surface area contributed by atoms with Gasteiger partial charge in [-0.25, -0.2) is 4.39 Å². The number of nitrogens with zero attached hydrogens (tertiary/aromatic N) is 3. The van der Waals surface area contributed by atoms with Crippen LogP contribution >= 0.6 is 0 Å². The number of aliphatic hydroxyl groups is 1. The average molecular weight is 471 g/mol. The van der Waals surface area contributed by atoms with E-state index in [1.165, 1.54) is 40.7 Å². The second-order valence-electron chi connectivity index (χ2n) is 7.05. The van der Waals surface area contributed by atoms with Crippen LogP contribution in [0.3, 0.4) is 0 Å². The summed E-state index contributed by atoms with van der Waals surface area (Å²) in [7, 11) is 0. The monoisotopic (exact) mass is 471 g/mol. The smallest absolute Gasteiger partial charge is 0.379 e. The van der Waals surface area contributed by atoms with Gasteiger partial charge in [0.05, 0.1) is 31.0 Å². The number of hydrazine groups is 1. The number of alkyl halides is 3. The Labute approximate surface area is 185 Å². The molecule has 1 aromatic heterocycles. The van der Waals surface area contributed by atoms with Gasteiger partial charge >= 0.3 is 12.1 Å². The Kier molecular flexibility index (Phi) is 7.79. The van der Waals surface area contributed by atoms with Crippen LogP contribution < -0.4 is 15.8 Å². The van der Waals surface area contributed by atoms with E-state index in [1.54, 1.807) is 16.4 Å². The summed E-state index contributed by atoms with van der Waals surface area (Å²) in [5, 5.41) is 10.9. The number of hydrogen-bond donors (Lipinski definition) is 3. The Balaban J connectivity index is 1.72. The van der Waals surface area contributed by atoms with E-state index in [2.05, 4.69) is 4.98 Å². The molecule has 0 bridgehead atoms. The summed E-state index contributed by atoms with van der Waals surface area (Å²) < 4.78 is 55.7. The van der Waals surface area contributed by atoms with E-state index in [0.29, 0.717) is 37.7 Å². The fourth-order valence-corrected chi connectivity index (χ4v) is 3.05. The van der Waals surface area contributed by atoms with E-state index in [0.717, 1.165) is 6.20 Å². The summed E-state index contributed by atoms with van der Waals surface area (Å²) in [6.45, 7) is 1.82. The van der Waals surface area contributed by atoms with Crippen molar-refractivity contribution in [3.8, 4) is 0 Å². The first-order chi connectivity index (χ1) is 15.6. The molecule has 9 nitrogen and oxygen atoms in total. The molecule has 2 aromatic rings. The number of anilines is 1. The van der Waals surface area contributed by atoms with Gasteiger partial charge in [0, 0.05) is 25.0 Å². The molecule has 0 saturated carbocycles. The predicted molar refractivity (Wildman–Crippen MR) is 107 cm³/mol. The lowest BCUT2D eigenvalue weighted by molar-refractivity contribution is -0.174. The number of pyridine rings is 1. The molecule has 1 aliphatic heterocycles. The molecule has 33 heavy (non-hydrogen) atoms. The molecule has 2 heterocycles. The van der Waals surface area contributed by atoms with Gasteiger partial charge < -0.3 is 14.7 Å². The maximum absolute atomic E-state index is 13.8. The Bertz CT molecular complexity index is 968. The Morgan fingerprint density at radius 2 is 1.91 bits per heavy atom. The van der Waals surface area contributed by atoms with Gasteiger partial charge in [-0.15, -0.1) is 0 Å². The van der Waals surface area contributed by atoms with Crippen molar-refractivity contribution in [1.82, 2.24) is 20.7 Å². The summed E-state index contributed by atoms with van der Waals surface area (Å²) in [4.78, 5) is 30.1. The minimum Gasteiger partial charge on any atom is -0.379 e. The van der Waals surface area contributed by atoms with Crippen molar-refractivity contribution in [2.75, 3.05) is 31.2 Å². The number of hydrogen-bond acceptors (Lipinski definition) is 7. The van der Waals surface area contributed by atoms with Gasteiger partial charge in [-0.05, 0) is 30.3 Å². The molecular formula is C20H21F4N5O4. The van der Waals surface area contributed by atoms with Crippen molar-refractivity contribution >= 4 is 17.5 Å². The fraction of sp³-hybridized carbons (Fsp3) is 0.350. The van der Waals surface area contributed by atoms with E-state index in [-0.39, 0.29) is 12.1 Å². The zero-order valence-corrected chi connectivity index (χ0v) is 17.2. The molecule has 1 atom stereocenters. The number of benzene rings is 1. The third-order valence-electron chi connectivity index (χ3n) is 4.76. The van der Waals surface area contributed by atoms with Crippen LogP contribution in [-0.4, -0.2) is 65.6 Å². The van der Waals surface area contributed by atoms with Gasteiger partial charge in [0.1, 0.15) is 5.82 Å². The zero-order chi connectivity index (χ0) is 24.0. The standard InChI is InChI=1S/C20H21F4N5O4/c21-14-2-1-3-16(10-14)29(19(32)28-6-8-33-9-7-28)12-15-5-4-13(11-25-15)17(30)26-27-18(31)20(22,23)24/h1-5,10-11,19,32H,6-9,12H2,(H,26,30)(H,27,31). The molecule has 0 radical (unpaired) electrons. The number of nitrogens with one attached hydrogen (secondary N) is 2. The van der Waals surface area contributed by atoms with Gasteiger partial charge in [-0.1, -0.05) is 6.07 Å². The Hall–Kier alpha value is -3.29. The SMILES string of the molecule is O=C(NNC(=O)C(F)(F)F)c1ccc(CN(c2cccc(F)c2)C(O)N2CCOCC2)nc1. The van der Waals surface area contributed by atoms with Crippen molar-refractivity contribution in [2.24, 2.45) is 0 Å². The van der Waals surface area contributed by atoms with Crippen molar-refractivity contribution in [2.45, 2.75) is 19.1 Å². The maximum atomic E-state index is 13.8. The lowest BCUT2D eigenvalue weighted by atomic mass is 10.2. The van der Waals surface area contributed by atoms with Crippen LogP contribution in [0.2, 0.25) is 0 Å². The van der Waals surface area contributed by atoms with Gasteiger partial charge in [-0.2, -0.15) is 13.2 Å². The number of morpholine rings is 1. The number of aromatic nitrogens is 1. The Morgan fingerprint density at radius 3 is 2.52 bits per heavy atom. The van der Waals surface area contributed by atoms with E-state index in [9.17, 15) is 32.3 Å². The van der Waals surface area contributed by atoms with E-state index in [4.69, 9.17) is 4.74 Å². The third kappa shape index (κ3) is 6.60. The van der Waals surface area contributed by atoms with Crippen LogP contribution in [0.1, 0.15) is 16.1 Å². The van der Waals surface area contributed by atoms with Crippen LogP contribution in [0.4, 0.5) is 23.2 Å². The first-order valence-electron chi connectivity index (χ1n) is 9.79. The lowest BCUT2D eigenvalue weighted by Crippen LogP contribution is -2.52. The number of carbonyl (C=O) groups is 2. The molecule has 0 spiro atoms. The topological polar surface area (TPSA) is 107 Å². The number of amides is 2. The molecular weight excluding hydrogens is 450 g/mol. The number of ether oxygens (including phenoxy) is 1. The van der Waals surface area contributed by atoms with Gasteiger partial charge in [0.15, 0.2) is 6.35 Å². The van der Waals surface area contributed by atoms with Crippen molar-refractivity contribution < 1.29 is 37.0 Å². The second kappa shape index (κ2) is 10.6. The van der Waals surface area contributed by atoms with Crippen molar-refractivity contribution in [3.63, 3.8) is 0 Å². The first-order valence-corrected chi connectivity index (χ1v) is 9.79. The molecule has 1 unspecified atom stereocenters. The summed E-state index contributed by atoms with van der Waals surface area (Å²) in [5.41, 5.74) is 3.59. The molecule has 178 valence electrons. The molecule has 1 aromatic carbocycles. The van der Waals surface area contributed by atoms with Crippen LogP contribution in [0.15, 0.2) is 42.6 Å².